The van der Waals surface area contributed by atoms with E-state index in [0.29, 0.717) is 24.0 Å². The van der Waals surface area contributed by atoms with Gasteiger partial charge in [0.05, 0.1) is 17.9 Å². The van der Waals surface area contributed by atoms with Gasteiger partial charge in [0, 0.05) is 19.5 Å². The van der Waals surface area contributed by atoms with Crippen LogP contribution in [0.15, 0.2) is 24.3 Å². The van der Waals surface area contributed by atoms with E-state index >= 15 is 0 Å². The predicted molar refractivity (Wildman–Crippen MR) is 97.1 cm³/mol. The Morgan fingerprint density at radius 1 is 1.12 bits per heavy atom. The monoisotopic (exact) mass is 332 g/mol. The van der Waals surface area contributed by atoms with Crippen molar-refractivity contribution in [3.63, 3.8) is 0 Å². The number of hydrogen-bond acceptors (Lipinski definition) is 4. The van der Waals surface area contributed by atoms with Gasteiger partial charge in [-0.2, -0.15) is 0 Å². The lowest BCUT2D eigenvalue weighted by Crippen LogP contribution is -2.35. The Morgan fingerprint density at radius 2 is 1.79 bits per heavy atom. The molecule has 2 rings (SSSR count). The number of benzene rings is 1. The van der Waals surface area contributed by atoms with Gasteiger partial charge in [0.15, 0.2) is 0 Å². The second-order valence-corrected chi connectivity index (χ2v) is 6.60. The third kappa shape index (κ3) is 5.62. The number of para-hydroxylation sites is 2. The van der Waals surface area contributed by atoms with Crippen molar-refractivity contribution >= 4 is 23.2 Å². The molecule has 0 aliphatic carbocycles. The number of nitrogens with zero attached hydrogens (tertiary/aromatic N) is 2. The molecule has 6 nitrogen and oxygen atoms in total. The molecule has 0 spiro atoms. The number of nitrogens with one attached hydrogen (secondary N) is 2. The highest BCUT2D eigenvalue weighted by atomic mass is 16.2. The Morgan fingerprint density at radius 3 is 2.42 bits per heavy atom. The van der Waals surface area contributed by atoms with Crippen LogP contribution in [0.2, 0.25) is 0 Å². The van der Waals surface area contributed by atoms with Crippen molar-refractivity contribution in [3.05, 3.63) is 24.3 Å². The summed E-state index contributed by atoms with van der Waals surface area (Å²) >= 11 is 0. The molecule has 1 aliphatic heterocycles. The molecule has 1 aromatic carbocycles. The third-order valence-electron chi connectivity index (χ3n) is 4.40. The van der Waals surface area contributed by atoms with Gasteiger partial charge in [0.1, 0.15) is 0 Å². The van der Waals surface area contributed by atoms with E-state index < -0.39 is 0 Å². The highest BCUT2D eigenvalue weighted by Gasteiger charge is 2.20. The minimum atomic E-state index is -0.154. The summed E-state index contributed by atoms with van der Waals surface area (Å²) in [6, 6.07) is 7.85. The average molecular weight is 332 g/mol. The van der Waals surface area contributed by atoms with Crippen molar-refractivity contribution in [1.29, 1.82) is 0 Å². The maximum Gasteiger partial charge on any atom is 0.238 e. The van der Waals surface area contributed by atoms with Gasteiger partial charge in [-0.1, -0.05) is 12.1 Å². The van der Waals surface area contributed by atoms with Gasteiger partial charge in [-0.3, -0.25) is 14.5 Å². The van der Waals surface area contributed by atoms with Crippen molar-refractivity contribution in [1.82, 2.24) is 9.80 Å². The van der Waals surface area contributed by atoms with Gasteiger partial charge in [0.2, 0.25) is 11.8 Å². The van der Waals surface area contributed by atoms with Crippen molar-refractivity contribution in [2.45, 2.75) is 32.2 Å². The summed E-state index contributed by atoms with van der Waals surface area (Å²) < 4.78 is 0. The number of likely N-dealkylation sites (tertiary alicyclic amines) is 1. The molecule has 1 fully saturated rings. The summed E-state index contributed by atoms with van der Waals surface area (Å²) in [5.41, 5.74) is 1.26. The van der Waals surface area contributed by atoms with Crippen LogP contribution in [0.4, 0.5) is 11.4 Å². The Kier molecular flexibility index (Phi) is 6.75. The highest BCUT2D eigenvalue weighted by Crippen LogP contribution is 2.21. The fraction of sp³-hybridized carbons (Fsp3) is 0.556. The molecule has 1 heterocycles. The van der Waals surface area contributed by atoms with Crippen LogP contribution in [0, 0.1) is 0 Å². The second kappa shape index (κ2) is 8.80. The van der Waals surface area contributed by atoms with Crippen LogP contribution < -0.4 is 10.6 Å². The number of rotatable bonds is 5. The standard InChI is InChI=1S/C18H28N4O2/c1-14(23)19-16-8-4-5-9-17(16)20-18(24)13-22-11-6-7-15(10-12-22)21(2)3/h4-5,8-9,15H,6-7,10-13H2,1-3H3,(H,19,23)(H,20,24). The molecule has 2 amide bonds. The topological polar surface area (TPSA) is 64.7 Å². The fourth-order valence-corrected chi connectivity index (χ4v) is 3.10. The summed E-state index contributed by atoms with van der Waals surface area (Å²) in [6.07, 6.45) is 3.37. The zero-order chi connectivity index (χ0) is 17.5. The quantitative estimate of drug-likeness (QED) is 0.866. The number of amides is 2. The van der Waals surface area contributed by atoms with Crippen molar-refractivity contribution < 1.29 is 9.59 Å². The van der Waals surface area contributed by atoms with Crippen molar-refractivity contribution in [3.8, 4) is 0 Å². The van der Waals surface area contributed by atoms with Crippen LogP contribution in [0.25, 0.3) is 0 Å². The maximum atomic E-state index is 12.4. The van der Waals surface area contributed by atoms with Gasteiger partial charge in [-0.05, 0) is 52.0 Å². The summed E-state index contributed by atoms with van der Waals surface area (Å²) in [5.74, 6) is -0.199. The molecule has 1 unspecified atom stereocenters. The first-order valence-electron chi connectivity index (χ1n) is 8.51. The van der Waals surface area contributed by atoms with E-state index in [0.717, 1.165) is 25.9 Å². The molecule has 6 heteroatoms. The van der Waals surface area contributed by atoms with Crippen LogP contribution in [0.1, 0.15) is 26.2 Å². The minimum absolute atomic E-state index is 0.0453. The molecule has 1 aliphatic rings. The van der Waals surface area contributed by atoms with Crippen LogP contribution in [0.5, 0.6) is 0 Å². The first-order chi connectivity index (χ1) is 11.5. The van der Waals surface area contributed by atoms with Crippen LogP contribution in [0.3, 0.4) is 0 Å². The summed E-state index contributed by atoms with van der Waals surface area (Å²) in [7, 11) is 4.23. The number of hydrogen-bond donors (Lipinski definition) is 2. The molecule has 132 valence electrons. The van der Waals surface area contributed by atoms with E-state index in [4.69, 9.17) is 0 Å². The molecule has 0 aromatic heterocycles. The Balaban J connectivity index is 1.90. The summed E-state index contributed by atoms with van der Waals surface area (Å²) in [6.45, 7) is 3.72. The maximum absolute atomic E-state index is 12.4. The van der Waals surface area contributed by atoms with Crippen LogP contribution in [-0.4, -0.2) is 61.4 Å². The number of carbonyl (C=O) groups is 2. The SMILES string of the molecule is CC(=O)Nc1ccccc1NC(=O)CN1CCCC(N(C)C)CC1. The Bertz CT molecular complexity index is 574. The van der Waals surface area contributed by atoms with E-state index in [-0.39, 0.29) is 11.8 Å². The Labute approximate surface area is 144 Å². The second-order valence-electron chi connectivity index (χ2n) is 6.60. The van der Waals surface area contributed by atoms with Gasteiger partial charge in [0.25, 0.3) is 0 Å². The lowest BCUT2D eigenvalue weighted by molar-refractivity contribution is -0.117. The molecule has 1 aromatic rings. The van der Waals surface area contributed by atoms with Crippen molar-refractivity contribution in [2.75, 3.05) is 44.4 Å². The molecule has 1 saturated heterocycles. The Hall–Kier alpha value is -1.92. The third-order valence-corrected chi connectivity index (χ3v) is 4.40. The van der Waals surface area contributed by atoms with Gasteiger partial charge in [-0.25, -0.2) is 0 Å². The molecule has 0 bridgehead atoms. The van der Waals surface area contributed by atoms with E-state index in [2.05, 4.69) is 34.5 Å². The van der Waals surface area contributed by atoms with Crippen molar-refractivity contribution in [2.24, 2.45) is 0 Å². The predicted octanol–water partition coefficient (Wildman–Crippen LogP) is 2.00. The van der Waals surface area contributed by atoms with Gasteiger partial charge < -0.3 is 15.5 Å². The first-order valence-corrected chi connectivity index (χ1v) is 8.51. The fourth-order valence-electron chi connectivity index (χ4n) is 3.10. The normalized spacial score (nSPS) is 18.9. The van der Waals surface area contributed by atoms with E-state index in [1.54, 1.807) is 12.1 Å². The minimum Gasteiger partial charge on any atom is -0.325 e. The van der Waals surface area contributed by atoms with Gasteiger partial charge >= 0.3 is 0 Å². The summed E-state index contributed by atoms with van der Waals surface area (Å²) in [4.78, 5) is 28.1. The average Bonchev–Trinajstić information content (AvgIpc) is 2.74. The summed E-state index contributed by atoms with van der Waals surface area (Å²) in [5, 5.41) is 5.65. The molecule has 1 atom stereocenters. The number of anilines is 2. The van der Waals surface area contributed by atoms with E-state index in [9.17, 15) is 9.59 Å². The van der Waals surface area contributed by atoms with E-state index in [1.165, 1.54) is 13.3 Å². The molecule has 2 N–H and O–H groups in total. The lowest BCUT2D eigenvalue weighted by Gasteiger charge is -2.23. The van der Waals surface area contributed by atoms with Crippen LogP contribution >= 0.6 is 0 Å². The highest BCUT2D eigenvalue weighted by molar-refractivity contribution is 5.99. The molecule has 24 heavy (non-hydrogen) atoms. The zero-order valence-electron chi connectivity index (χ0n) is 14.8. The smallest absolute Gasteiger partial charge is 0.238 e. The lowest BCUT2D eigenvalue weighted by atomic mass is 10.1. The van der Waals surface area contributed by atoms with Crippen LogP contribution in [-0.2, 0) is 9.59 Å². The largest absolute Gasteiger partial charge is 0.325 e. The zero-order valence-corrected chi connectivity index (χ0v) is 14.8. The first kappa shape index (κ1) is 18.4. The van der Waals surface area contributed by atoms with E-state index in [1.807, 2.05) is 12.1 Å². The molecule has 0 saturated carbocycles. The molecular formula is C18H28N4O2. The number of carbonyl (C=O) groups excluding carboxylic acids is 2. The molecule has 0 radical (unpaired) electrons. The van der Waals surface area contributed by atoms with Gasteiger partial charge in [-0.15, -0.1) is 0 Å². The molecular weight excluding hydrogens is 304 g/mol.